The molecule has 0 spiro atoms. The van der Waals surface area contributed by atoms with Crippen LogP contribution in [-0.2, 0) is 6.54 Å². The van der Waals surface area contributed by atoms with E-state index in [-0.39, 0.29) is 17.4 Å². The van der Waals surface area contributed by atoms with Gasteiger partial charge in [0.25, 0.3) is 5.91 Å². The van der Waals surface area contributed by atoms with Crippen LogP contribution in [0.3, 0.4) is 0 Å². The summed E-state index contributed by atoms with van der Waals surface area (Å²) < 4.78 is 7.38. The summed E-state index contributed by atoms with van der Waals surface area (Å²) in [5, 5.41) is 7.50. The molecule has 0 radical (unpaired) electrons. The molecule has 1 amide bonds. The maximum absolute atomic E-state index is 12.7. The molecule has 0 aliphatic carbocycles. The van der Waals surface area contributed by atoms with E-state index >= 15 is 0 Å². The monoisotopic (exact) mass is 407 g/mol. The number of carbonyl (C=O) groups excluding carboxylic acids is 1. The average Bonchev–Trinajstić information content (AvgIpc) is 3.38. The molecule has 8 heteroatoms. The number of aryl methyl sites for hydroxylation is 1. The van der Waals surface area contributed by atoms with Crippen molar-refractivity contribution in [3.8, 4) is 5.75 Å². The minimum atomic E-state index is -0.200. The molecule has 0 bridgehead atoms. The Bertz CT molecular complexity index is 1140. The summed E-state index contributed by atoms with van der Waals surface area (Å²) in [5.74, 6) is 0.640. The fourth-order valence-electron chi connectivity index (χ4n) is 3.78. The number of nitrogen functional groups attached to an aromatic ring is 1. The molecule has 156 valence electrons. The van der Waals surface area contributed by atoms with Crippen LogP contribution in [0, 0.1) is 5.41 Å². The maximum atomic E-state index is 12.7. The first kappa shape index (κ1) is 19.8. The zero-order valence-corrected chi connectivity index (χ0v) is 16.7. The molecule has 3 aromatic rings. The van der Waals surface area contributed by atoms with Crippen molar-refractivity contribution >= 4 is 22.8 Å². The number of aromatic nitrogens is 2. The molecular weight excluding hydrogens is 382 g/mol. The van der Waals surface area contributed by atoms with Crippen molar-refractivity contribution in [2.45, 2.75) is 25.8 Å². The average molecular weight is 407 g/mol. The molecule has 8 nitrogen and oxygen atoms in total. The van der Waals surface area contributed by atoms with Crippen LogP contribution in [0.15, 0.2) is 47.3 Å². The smallest absolute Gasteiger partial charge is 0.326 e. The molecule has 0 unspecified atom stereocenters. The fraction of sp³-hybridized carbons (Fsp3) is 0.318. The highest BCUT2D eigenvalue weighted by Gasteiger charge is 2.20. The number of amides is 1. The van der Waals surface area contributed by atoms with Crippen molar-refractivity contribution in [2.75, 3.05) is 19.7 Å². The van der Waals surface area contributed by atoms with Gasteiger partial charge in [-0.15, -0.1) is 0 Å². The molecule has 1 aromatic heterocycles. The van der Waals surface area contributed by atoms with Crippen molar-refractivity contribution in [1.29, 1.82) is 5.41 Å². The Morgan fingerprint density at radius 1 is 1.13 bits per heavy atom. The third-order valence-electron chi connectivity index (χ3n) is 5.36. The molecule has 30 heavy (non-hydrogen) atoms. The number of H-pyrrole nitrogens is 1. The van der Waals surface area contributed by atoms with E-state index in [0.29, 0.717) is 42.0 Å². The van der Waals surface area contributed by atoms with Crippen LogP contribution in [0.25, 0.3) is 11.0 Å². The van der Waals surface area contributed by atoms with Crippen molar-refractivity contribution < 1.29 is 9.53 Å². The summed E-state index contributed by atoms with van der Waals surface area (Å²) in [6, 6.07) is 12.4. The van der Waals surface area contributed by atoms with E-state index in [1.165, 1.54) is 0 Å². The minimum absolute atomic E-state index is 0.00919. The van der Waals surface area contributed by atoms with Gasteiger partial charge >= 0.3 is 5.69 Å². The van der Waals surface area contributed by atoms with Crippen molar-refractivity contribution in [2.24, 2.45) is 5.73 Å². The summed E-state index contributed by atoms with van der Waals surface area (Å²) in [5.41, 5.74) is 7.96. The molecule has 1 fully saturated rings. The second kappa shape index (κ2) is 8.44. The van der Waals surface area contributed by atoms with E-state index < -0.39 is 0 Å². The van der Waals surface area contributed by atoms with E-state index in [1.807, 2.05) is 4.90 Å². The Morgan fingerprint density at radius 3 is 2.70 bits per heavy atom. The van der Waals surface area contributed by atoms with Gasteiger partial charge in [-0.25, -0.2) is 4.79 Å². The first-order valence-electron chi connectivity index (χ1n) is 10.1. The van der Waals surface area contributed by atoms with Crippen LogP contribution >= 0.6 is 0 Å². The highest BCUT2D eigenvalue weighted by atomic mass is 16.5. The van der Waals surface area contributed by atoms with E-state index in [2.05, 4.69) is 4.98 Å². The molecule has 1 saturated heterocycles. The first-order chi connectivity index (χ1) is 14.5. The van der Waals surface area contributed by atoms with Crippen molar-refractivity contribution in [3.05, 3.63) is 64.1 Å². The van der Waals surface area contributed by atoms with Crippen LogP contribution < -0.4 is 16.2 Å². The largest absolute Gasteiger partial charge is 0.494 e. The van der Waals surface area contributed by atoms with Crippen LogP contribution in [0.2, 0.25) is 0 Å². The van der Waals surface area contributed by atoms with Gasteiger partial charge in [0, 0.05) is 30.8 Å². The first-order valence-corrected chi connectivity index (χ1v) is 10.1. The molecule has 4 N–H and O–H groups in total. The summed E-state index contributed by atoms with van der Waals surface area (Å²) >= 11 is 0. The number of fused-ring (bicyclic) bond motifs is 1. The summed E-state index contributed by atoms with van der Waals surface area (Å²) in [7, 11) is 0. The van der Waals surface area contributed by atoms with Gasteiger partial charge in [-0.05, 0) is 49.6 Å². The molecule has 0 atom stereocenters. The Labute approximate surface area is 173 Å². The third-order valence-corrected chi connectivity index (χ3v) is 5.36. The summed E-state index contributed by atoms with van der Waals surface area (Å²) in [6.45, 7) is 2.46. The SMILES string of the molecule is N=C(N)c1cccc(OCCCn2c(=O)[nH]c3ccc(C(=O)N4CCCC4)cc32)c1. The lowest BCUT2D eigenvalue weighted by Gasteiger charge is -2.15. The molecule has 0 saturated carbocycles. The van der Waals surface area contributed by atoms with Gasteiger partial charge in [-0.1, -0.05) is 12.1 Å². The number of ether oxygens (including phenoxy) is 1. The third kappa shape index (κ3) is 4.07. The summed E-state index contributed by atoms with van der Waals surface area (Å²) in [4.78, 5) is 29.8. The zero-order valence-electron chi connectivity index (χ0n) is 16.7. The number of rotatable bonds is 7. The number of benzene rings is 2. The van der Waals surface area contributed by atoms with Crippen molar-refractivity contribution in [1.82, 2.24) is 14.5 Å². The Kier molecular flexibility index (Phi) is 5.56. The van der Waals surface area contributed by atoms with Crippen molar-refractivity contribution in [3.63, 3.8) is 0 Å². The quantitative estimate of drug-likeness (QED) is 0.316. The van der Waals surface area contributed by atoms with Gasteiger partial charge in [0.05, 0.1) is 17.6 Å². The number of nitrogens with zero attached hydrogens (tertiary/aromatic N) is 2. The second-order valence-electron chi connectivity index (χ2n) is 7.46. The minimum Gasteiger partial charge on any atom is -0.494 e. The number of amidine groups is 1. The van der Waals surface area contributed by atoms with Gasteiger partial charge < -0.3 is 20.4 Å². The Morgan fingerprint density at radius 2 is 1.93 bits per heavy atom. The number of aromatic amines is 1. The standard InChI is InChI=1S/C22H25N5O3/c23-20(24)15-5-3-6-17(13-15)30-12-4-11-27-19-14-16(7-8-18(19)25-22(27)29)21(28)26-9-1-2-10-26/h3,5-8,13-14H,1-2,4,9-12H2,(H3,23,24)(H,25,29). The molecule has 2 heterocycles. The lowest BCUT2D eigenvalue weighted by Crippen LogP contribution is -2.27. The second-order valence-corrected chi connectivity index (χ2v) is 7.46. The number of carbonyl (C=O) groups is 1. The zero-order chi connectivity index (χ0) is 21.1. The molecular formula is C22H25N5O3. The fourth-order valence-corrected chi connectivity index (χ4v) is 3.78. The van der Waals surface area contributed by atoms with Gasteiger partial charge in [0.2, 0.25) is 0 Å². The normalized spacial score (nSPS) is 13.7. The van der Waals surface area contributed by atoms with Crippen LogP contribution in [0.1, 0.15) is 35.2 Å². The molecule has 1 aliphatic heterocycles. The number of hydrogen-bond donors (Lipinski definition) is 3. The van der Waals surface area contributed by atoms with E-state index in [9.17, 15) is 9.59 Å². The number of likely N-dealkylation sites (tertiary alicyclic amines) is 1. The number of hydrogen-bond acceptors (Lipinski definition) is 4. The van der Waals surface area contributed by atoms with Gasteiger partial charge in [-0.3, -0.25) is 14.8 Å². The molecule has 2 aromatic carbocycles. The lowest BCUT2D eigenvalue weighted by atomic mass is 10.1. The highest BCUT2D eigenvalue weighted by Crippen LogP contribution is 2.18. The van der Waals surface area contributed by atoms with Crippen LogP contribution in [0.5, 0.6) is 5.75 Å². The summed E-state index contributed by atoms with van der Waals surface area (Å²) in [6.07, 6.45) is 2.69. The topological polar surface area (TPSA) is 117 Å². The van der Waals surface area contributed by atoms with E-state index in [4.69, 9.17) is 15.9 Å². The highest BCUT2D eigenvalue weighted by molar-refractivity contribution is 5.97. The van der Waals surface area contributed by atoms with Crippen LogP contribution in [0.4, 0.5) is 0 Å². The van der Waals surface area contributed by atoms with Gasteiger partial charge in [0.15, 0.2) is 0 Å². The number of nitrogens with two attached hydrogens (primary N) is 1. The maximum Gasteiger partial charge on any atom is 0.326 e. The number of nitrogens with one attached hydrogen (secondary N) is 2. The lowest BCUT2D eigenvalue weighted by molar-refractivity contribution is 0.0793. The van der Waals surface area contributed by atoms with Gasteiger partial charge in [0.1, 0.15) is 11.6 Å². The predicted molar refractivity (Wildman–Crippen MR) is 115 cm³/mol. The van der Waals surface area contributed by atoms with Gasteiger partial charge in [-0.2, -0.15) is 0 Å². The van der Waals surface area contributed by atoms with E-state index in [1.54, 1.807) is 47.0 Å². The number of imidazole rings is 1. The Balaban J connectivity index is 1.44. The van der Waals surface area contributed by atoms with Crippen LogP contribution in [-0.4, -0.2) is 45.9 Å². The predicted octanol–water partition coefficient (Wildman–Crippen LogP) is 2.32. The molecule has 1 aliphatic rings. The molecule has 4 rings (SSSR count). The van der Waals surface area contributed by atoms with E-state index in [0.717, 1.165) is 31.4 Å². The Hall–Kier alpha value is -3.55.